The topological polar surface area (TPSA) is 98.3 Å². The van der Waals surface area contributed by atoms with Gasteiger partial charge < -0.3 is 4.42 Å². The Morgan fingerprint density at radius 3 is 2.37 bits per heavy atom. The molecule has 9 heteroatoms. The van der Waals surface area contributed by atoms with Gasteiger partial charge in [0.05, 0.1) is 16.6 Å². The summed E-state index contributed by atoms with van der Waals surface area (Å²) in [6.07, 6.45) is 0. The quantitative estimate of drug-likeness (QED) is 0.265. The number of aryl methyl sites for hydroxylation is 1. The number of aromatic nitrogens is 1. The van der Waals surface area contributed by atoms with E-state index in [-0.39, 0.29) is 5.76 Å². The molecule has 2 heterocycles. The maximum Gasteiger partial charge on any atom is 0.433 e. The predicted octanol–water partition coefficient (Wildman–Crippen LogP) is 6.30. The number of carbonyl (C=O) groups excluding carboxylic acids is 1. The van der Waals surface area contributed by atoms with E-state index in [1.165, 1.54) is 17.4 Å². The molecule has 0 spiro atoms. The fraction of sp³-hybridized carbons (Fsp3) is 0.0476. The van der Waals surface area contributed by atoms with Crippen LogP contribution in [0.4, 0.5) is 11.0 Å². The van der Waals surface area contributed by atoms with E-state index in [0.717, 1.165) is 37.8 Å². The number of nitrogens with one attached hydrogen (secondary N) is 1. The molecule has 0 bridgehead atoms. The summed E-state index contributed by atoms with van der Waals surface area (Å²) in [7, 11) is 0. The minimum atomic E-state index is -0.693. The van der Waals surface area contributed by atoms with Crippen molar-refractivity contribution in [1.82, 2.24) is 4.98 Å². The zero-order chi connectivity index (χ0) is 21.3. The van der Waals surface area contributed by atoms with Crippen molar-refractivity contribution >= 4 is 44.2 Å². The molecule has 2 aromatic carbocycles. The van der Waals surface area contributed by atoms with Crippen molar-refractivity contribution < 1.29 is 14.1 Å². The van der Waals surface area contributed by atoms with Gasteiger partial charge in [-0.1, -0.05) is 69.2 Å². The Labute approximate surface area is 183 Å². The predicted molar refractivity (Wildman–Crippen MR) is 119 cm³/mol. The minimum Gasteiger partial charge on any atom is -0.395 e. The number of halogens is 1. The number of nitro groups is 1. The largest absolute Gasteiger partial charge is 0.433 e. The highest BCUT2D eigenvalue weighted by molar-refractivity contribution is 9.10. The Balaban J connectivity index is 1.70. The van der Waals surface area contributed by atoms with Gasteiger partial charge in [0.25, 0.3) is 5.91 Å². The van der Waals surface area contributed by atoms with E-state index in [4.69, 9.17) is 4.42 Å². The van der Waals surface area contributed by atoms with Crippen molar-refractivity contribution in [1.29, 1.82) is 0 Å². The summed E-state index contributed by atoms with van der Waals surface area (Å²) < 4.78 is 5.93. The van der Waals surface area contributed by atoms with Crippen LogP contribution in [-0.4, -0.2) is 15.8 Å². The molecule has 1 amide bonds. The van der Waals surface area contributed by atoms with Crippen LogP contribution in [0, 0.1) is 17.0 Å². The molecule has 0 fully saturated rings. The number of carbonyl (C=O) groups is 1. The number of amides is 1. The summed E-state index contributed by atoms with van der Waals surface area (Å²) in [5, 5.41) is 13.8. The van der Waals surface area contributed by atoms with Crippen LogP contribution in [0.25, 0.3) is 21.7 Å². The van der Waals surface area contributed by atoms with Crippen molar-refractivity contribution in [3.63, 3.8) is 0 Å². The molecule has 0 saturated heterocycles. The molecule has 150 valence electrons. The summed E-state index contributed by atoms with van der Waals surface area (Å²) in [5.74, 6) is -1.25. The first-order chi connectivity index (χ1) is 14.4. The van der Waals surface area contributed by atoms with Gasteiger partial charge in [-0.05, 0) is 30.7 Å². The maximum absolute atomic E-state index is 12.5. The van der Waals surface area contributed by atoms with Crippen molar-refractivity contribution in [3.8, 4) is 21.7 Å². The zero-order valence-electron chi connectivity index (χ0n) is 15.6. The van der Waals surface area contributed by atoms with Crippen LogP contribution >= 0.6 is 27.3 Å². The molecule has 0 radical (unpaired) electrons. The highest BCUT2D eigenvalue weighted by Gasteiger charge is 2.20. The van der Waals surface area contributed by atoms with Gasteiger partial charge in [-0.25, -0.2) is 4.98 Å². The molecule has 0 unspecified atom stereocenters. The van der Waals surface area contributed by atoms with E-state index < -0.39 is 16.7 Å². The lowest BCUT2D eigenvalue weighted by atomic mass is 10.1. The molecule has 7 nitrogen and oxygen atoms in total. The lowest BCUT2D eigenvalue weighted by Crippen LogP contribution is -2.10. The third-order valence-corrected chi connectivity index (χ3v) is 5.82. The van der Waals surface area contributed by atoms with Crippen LogP contribution in [0.1, 0.15) is 16.1 Å². The third-order valence-electron chi connectivity index (χ3n) is 4.27. The van der Waals surface area contributed by atoms with Crippen LogP contribution in [0.5, 0.6) is 0 Å². The van der Waals surface area contributed by atoms with Gasteiger partial charge in [0.15, 0.2) is 10.9 Å². The van der Waals surface area contributed by atoms with Crippen LogP contribution in [-0.2, 0) is 0 Å². The van der Waals surface area contributed by atoms with Gasteiger partial charge >= 0.3 is 5.88 Å². The number of rotatable bonds is 5. The van der Waals surface area contributed by atoms with E-state index in [1.807, 2.05) is 55.5 Å². The summed E-state index contributed by atoms with van der Waals surface area (Å²) in [5.41, 5.74) is 3.75. The van der Waals surface area contributed by atoms with Crippen LogP contribution in [0.2, 0.25) is 0 Å². The third kappa shape index (κ3) is 4.17. The van der Waals surface area contributed by atoms with Crippen LogP contribution in [0.3, 0.4) is 0 Å². The first kappa shape index (κ1) is 20.0. The van der Waals surface area contributed by atoms with Gasteiger partial charge in [-0.15, -0.1) is 0 Å². The van der Waals surface area contributed by atoms with E-state index in [1.54, 1.807) is 0 Å². The number of thiazole rings is 1. The highest BCUT2D eigenvalue weighted by Crippen LogP contribution is 2.39. The summed E-state index contributed by atoms with van der Waals surface area (Å²) in [6, 6.07) is 18.2. The van der Waals surface area contributed by atoms with Crippen molar-refractivity contribution in [3.05, 3.63) is 86.6 Å². The number of furan rings is 1. The summed E-state index contributed by atoms with van der Waals surface area (Å²) >= 11 is 4.76. The Bertz CT molecular complexity index is 1170. The SMILES string of the molecule is Cc1ccc(-c2nc(NC(=O)c3ccc([N+](=O)[O-])o3)sc2-c2ccc(Br)cc2)cc1. The second-order valence-electron chi connectivity index (χ2n) is 6.42. The van der Waals surface area contributed by atoms with E-state index in [9.17, 15) is 14.9 Å². The normalized spacial score (nSPS) is 10.7. The molecular formula is C21H14BrN3O4S. The van der Waals surface area contributed by atoms with E-state index in [0.29, 0.717) is 5.13 Å². The number of anilines is 1. The first-order valence-corrected chi connectivity index (χ1v) is 10.4. The van der Waals surface area contributed by atoms with Crippen molar-refractivity contribution in [2.75, 3.05) is 5.32 Å². The number of benzene rings is 2. The molecule has 0 aliphatic rings. The van der Waals surface area contributed by atoms with Crippen molar-refractivity contribution in [2.24, 2.45) is 0 Å². The van der Waals surface area contributed by atoms with Crippen LogP contribution in [0.15, 0.2) is 69.6 Å². The van der Waals surface area contributed by atoms with Crippen LogP contribution < -0.4 is 5.32 Å². The molecule has 1 N–H and O–H groups in total. The molecule has 0 aliphatic carbocycles. The second-order valence-corrected chi connectivity index (χ2v) is 8.33. The molecule has 30 heavy (non-hydrogen) atoms. The van der Waals surface area contributed by atoms with Gasteiger partial charge in [-0.2, -0.15) is 0 Å². The molecule has 0 atom stereocenters. The molecular weight excluding hydrogens is 470 g/mol. The summed E-state index contributed by atoms with van der Waals surface area (Å²) in [6.45, 7) is 2.01. The molecule has 4 rings (SSSR count). The summed E-state index contributed by atoms with van der Waals surface area (Å²) in [4.78, 5) is 28.1. The van der Waals surface area contributed by atoms with E-state index >= 15 is 0 Å². The minimum absolute atomic E-state index is 0.154. The van der Waals surface area contributed by atoms with Gasteiger partial charge in [0.2, 0.25) is 0 Å². The lowest BCUT2D eigenvalue weighted by molar-refractivity contribution is -0.402. The molecule has 4 aromatic rings. The lowest BCUT2D eigenvalue weighted by Gasteiger charge is -2.03. The zero-order valence-corrected chi connectivity index (χ0v) is 18.0. The van der Waals surface area contributed by atoms with Gasteiger partial charge in [0, 0.05) is 10.0 Å². The first-order valence-electron chi connectivity index (χ1n) is 8.80. The Morgan fingerprint density at radius 1 is 1.07 bits per heavy atom. The number of hydrogen-bond donors (Lipinski definition) is 1. The molecule has 0 aliphatic heterocycles. The fourth-order valence-electron chi connectivity index (χ4n) is 2.78. The number of nitrogens with zero attached hydrogens (tertiary/aromatic N) is 2. The average molecular weight is 484 g/mol. The molecule has 2 aromatic heterocycles. The van der Waals surface area contributed by atoms with Gasteiger partial charge in [0.1, 0.15) is 4.92 Å². The molecule has 0 saturated carbocycles. The monoisotopic (exact) mass is 483 g/mol. The average Bonchev–Trinajstić information content (AvgIpc) is 3.37. The number of hydrogen-bond acceptors (Lipinski definition) is 6. The standard InChI is InChI=1S/C21H14BrN3O4S/c1-12-2-4-13(5-3-12)18-19(14-6-8-15(22)9-7-14)30-21(23-18)24-20(26)16-10-11-17(29-16)25(27)28/h2-11H,1H3,(H,23,24,26). The van der Waals surface area contributed by atoms with Gasteiger partial charge in [-0.3, -0.25) is 20.2 Å². The van der Waals surface area contributed by atoms with E-state index in [2.05, 4.69) is 26.2 Å². The second kappa shape index (κ2) is 8.21. The fourth-order valence-corrected chi connectivity index (χ4v) is 4.04. The maximum atomic E-state index is 12.5. The Hall–Kier alpha value is -3.30. The Morgan fingerprint density at radius 2 is 1.73 bits per heavy atom. The highest BCUT2D eigenvalue weighted by atomic mass is 79.9. The smallest absolute Gasteiger partial charge is 0.395 e. The Kier molecular flexibility index (Phi) is 5.47. The van der Waals surface area contributed by atoms with Crippen molar-refractivity contribution in [2.45, 2.75) is 6.92 Å².